The zero-order valence-electron chi connectivity index (χ0n) is 11.4. The first kappa shape index (κ1) is 12.5. The van der Waals surface area contributed by atoms with Crippen molar-refractivity contribution in [1.82, 2.24) is 5.32 Å². The van der Waals surface area contributed by atoms with Crippen molar-refractivity contribution in [2.24, 2.45) is 29.4 Å². The van der Waals surface area contributed by atoms with Crippen LogP contribution in [-0.4, -0.2) is 18.0 Å². The Balaban J connectivity index is 1.55. The summed E-state index contributed by atoms with van der Waals surface area (Å²) in [6.45, 7) is 2.26. The summed E-state index contributed by atoms with van der Waals surface area (Å²) in [7, 11) is 0. The molecule has 0 saturated heterocycles. The van der Waals surface area contributed by atoms with Gasteiger partial charge in [-0.1, -0.05) is 13.3 Å². The first-order valence-corrected chi connectivity index (χ1v) is 7.69. The molecule has 0 aromatic heterocycles. The second kappa shape index (κ2) is 4.84. The zero-order valence-corrected chi connectivity index (χ0v) is 11.4. The molecule has 2 bridgehead atoms. The van der Waals surface area contributed by atoms with Gasteiger partial charge in [0.2, 0.25) is 5.91 Å². The largest absolute Gasteiger partial charge is 0.353 e. The highest BCUT2D eigenvalue weighted by Crippen LogP contribution is 2.42. The molecule has 2 atom stereocenters. The smallest absolute Gasteiger partial charge is 0.223 e. The summed E-state index contributed by atoms with van der Waals surface area (Å²) in [4.78, 5) is 12.3. The molecule has 3 rings (SSSR count). The summed E-state index contributed by atoms with van der Waals surface area (Å²) in [5, 5.41) is 3.24. The molecule has 18 heavy (non-hydrogen) atoms. The molecule has 102 valence electrons. The van der Waals surface area contributed by atoms with E-state index in [0.29, 0.717) is 29.8 Å². The van der Waals surface area contributed by atoms with E-state index >= 15 is 0 Å². The van der Waals surface area contributed by atoms with Crippen LogP contribution < -0.4 is 11.1 Å². The number of amides is 1. The second-order valence-corrected chi connectivity index (χ2v) is 6.98. The zero-order chi connectivity index (χ0) is 12.7. The minimum Gasteiger partial charge on any atom is -0.353 e. The fraction of sp³-hybridized carbons (Fsp3) is 0.933. The average Bonchev–Trinajstić information content (AvgIpc) is 2.26. The minimum atomic E-state index is 0.246. The monoisotopic (exact) mass is 250 g/mol. The SMILES string of the molecule is CC1CC(NC(=O)C2CC3CCCC(C2)C3N)C1. The highest BCUT2D eigenvalue weighted by molar-refractivity contribution is 5.79. The molecule has 0 spiro atoms. The van der Waals surface area contributed by atoms with E-state index in [0.717, 1.165) is 18.8 Å². The van der Waals surface area contributed by atoms with E-state index in [4.69, 9.17) is 5.73 Å². The van der Waals surface area contributed by atoms with Gasteiger partial charge in [0.1, 0.15) is 0 Å². The quantitative estimate of drug-likeness (QED) is 0.788. The Morgan fingerprint density at radius 3 is 2.28 bits per heavy atom. The summed E-state index contributed by atoms with van der Waals surface area (Å²) < 4.78 is 0. The summed E-state index contributed by atoms with van der Waals surface area (Å²) in [6, 6.07) is 0.828. The third-order valence-corrected chi connectivity index (χ3v) is 5.50. The molecule has 2 unspecified atom stereocenters. The fourth-order valence-corrected chi connectivity index (χ4v) is 4.34. The molecule has 3 saturated carbocycles. The van der Waals surface area contributed by atoms with Gasteiger partial charge in [-0.25, -0.2) is 0 Å². The van der Waals surface area contributed by atoms with E-state index in [1.165, 1.54) is 32.1 Å². The number of nitrogens with one attached hydrogen (secondary N) is 1. The Hall–Kier alpha value is -0.570. The molecule has 3 fully saturated rings. The molecule has 0 aromatic rings. The van der Waals surface area contributed by atoms with E-state index < -0.39 is 0 Å². The molecule has 3 aliphatic rings. The minimum absolute atomic E-state index is 0.246. The van der Waals surface area contributed by atoms with Gasteiger partial charge in [0.15, 0.2) is 0 Å². The molecule has 0 heterocycles. The predicted molar refractivity (Wildman–Crippen MR) is 71.9 cm³/mol. The van der Waals surface area contributed by atoms with Crippen molar-refractivity contribution in [3.8, 4) is 0 Å². The van der Waals surface area contributed by atoms with Crippen molar-refractivity contribution in [3.63, 3.8) is 0 Å². The normalized spacial score (nSPS) is 47.2. The van der Waals surface area contributed by atoms with Crippen molar-refractivity contribution < 1.29 is 4.79 Å². The molecular formula is C15H26N2O. The van der Waals surface area contributed by atoms with Crippen molar-refractivity contribution in [1.29, 1.82) is 0 Å². The summed E-state index contributed by atoms with van der Waals surface area (Å²) in [6.07, 6.45) is 8.20. The van der Waals surface area contributed by atoms with Crippen molar-refractivity contribution in [2.75, 3.05) is 0 Å². The van der Waals surface area contributed by atoms with Crippen LogP contribution in [0.25, 0.3) is 0 Å². The van der Waals surface area contributed by atoms with Gasteiger partial charge in [-0.3, -0.25) is 4.79 Å². The van der Waals surface area contributed by atoms with Crippen LogP contribution in [0.1, 0.15) is 51.9 Å². The summed E-state index contributed by atoms with van der Waals surface area (Å²) in [5.41, 5.74) is 6.27. The molecule has 3 heteroatoms. The lowest BCUT2D eigenvalue weighted by Crippen LogP contribution is -2.51. The number of hydrogen-bond acceptors (Lipinski definition) is 2. The van der Waals surface area contributed by atoms with E-state index in [9.17, 15) is 4.79 Å². The average molecular weight is 250 g/mol. The molecule has 0 aromatic carbocycles. The Labute approximate surface area is 110 Å². The van der Waals surface area contributed by atoms with Crippen LogP contribution in [0.15, 0.2) is 0 Å². The van der Waals surface area contributed by atoms with Crippen molar-refractivity contribution >= 4 is 5.91 Å². The van der Waals surface area contributed by atoms with Crippen LogP contribution in [0.3, 0.4) is 0 Å². The maximum Gasteiger partial charge on any atom is 0.223 e. The van der Waals surface area contributed by atoms with E-state index in [1.807, 2.05) is 0 Å². The molecule has 0 radical (unpaired) electrons. The first-order valence-electron chi connectivity index (χ1n) is 7.69. The topological polar surface area (TPSA) is 55.1 Å². The summed E-state index contributed by atoms with van der Waals surface area (Å²) in [5.74, 6) is 2.57. The lowest BCUT2D eigenvalue weighted by Gasteiger charge is -2.44. The van der Waals surface area contributed by atoms with E-state index in [2.05, 4.69) is 12.2 Å². The number of nitrogens with two attached hydrogens (primary N) is 1. The fourth-order valence-electron chi connectivity index (χ4n) is 4.34. The Kier molecular flexibility index (Phi) is 3.35. The Bertz CT molecular complexity index is 310. The second-order valence-electron chi connectivity index (χ2n) is 6.98. The van der Waals surface area contributed by atoms with E-state index in [-0.39, 0.29) is 5.92 Å². The van der Waals surface area contributed by atoms with Gasteiger partial charge in [0, 0.05) is 18.0 Å². The van der Waals surface area contributed by atoms with Crippen molar-refractivity contribution in [3.05, 3.63) is 0 Å². The van der Waals surface area contributed by atoms with Gasteiger partial charge in [-0.2, -0.15) is 0 Å². The van der Waals surface area contributed by atoms with Gasteiger partial charge >= 0.3 is 0 Å². The van der Waals surface area contributed by atoms with Crippen LogP contribution >= 0.6 is 0 Å². The predicted octanol–water partition coefficient (Wildman–Crippen LogP) is 2.05. The maximum absolute atomic E-state index is 12.3. The molecular weight excluding hydrogens is 224 g/mol. The van der Waals surface area contributed by atoms with Crippen LogP contribution in [0, 0.1) is 23.7 Å². The number of hydrogen-bond donors (Lipinski definition) is 2. The van der Waals surface area contributed by atoms with Crippen LogP contribution in [-0.2, 0) is 4.79 Å². The van der Waals surface area contributed by atoms with E-state index in [1.54, 1.807) is 0 Å². The third kappa shape index (κ3) is 2.29. The van der Waals surface area contributed by atoms with Crippen LogP contribution in [0.2, 0.25) is 0 Å². The number of carbonyl (C=O) groups excluding carboxylic acids is 1. The highest BCUT2D eigenvalue weighted by atomic mass is 16.1. The summed E-state index contributed by atoms with van der Waals surface area (Å²) >= 11 is 0. The molecule has 3 aliphatic carbocycles. The Morgan fingerprint density at radius 2 is 1.72 bits per heavy atom. The van der Waals surface area contributed by atoms with Gasteiger partial charge in [-0.05, 0) is 56.3 Å². The van der Waals surface area contributed by atoms with Crippen LogP contribution in [0.5, 0.6) is 0 Å². The van der Waals surface area contributed by atoms with Crippen molar-refractivity contribution in [2.45, 2.75) is 64.0 Å². The number of rotatable bonds is 2. The highest BCUT2D eigenvalue weighted by Gasteiger charge is 2.41. The lowest BCUT2D eigenvalue weighted by molar-refractivity contribution is -0.129. The van der Waals surface area contributed by atoms with Gasteiger partial charge in [-0.15, -0.1) is 0 Å². The first-order chi connectivity index (χ1) is 8.63. The maximum atomic E-state index is 12.3. The number of carbonyl (C=O) groups is 1. The van der Waals surface area contributed by atoms with Gasteiger partial charge in [0.25, 0.3) is 0 Å². The molecule has 0 aliphatic heterocycles. The third-order valence-electron chi connectivity index (χ3n) is 5.50. The Morgan fingerprint density at radius 1 is 1.11 bits per heavy atom. The molecule has 3 nitrogen and oxygen atoms in total. The van der Waals surface area contributed by atoms with Gasteiger partial charge < -0.3 is 11.1 Å². The lowest BCUT2D eigenvalue weighted by atomic mass is 9.65. The standard InChI is InChI=1S/C15H26N2O/c1-9-5-13(6-9)17-15(18)12-7-10-3-2-4-11(8-12)14(10)16/h9-14H,2-8,16H2,1H3,(H,17,18). The molecule has 1 amide bonds. The van der Waals surface area contributed by atoms with Crippen LogP contribution in [0.4, 0.5) is 0 Å². The van der Waals surface area contributed by atoms with Gasteiger partial charge in [0.05, 0.1) is 0 Å². The number of fused-ring (bicyclic) bond motifs is 2. The molecule has 3 N–H and O–H groups in total.